The van der Waals surface area contributed by atoms with Crippen molar-refractivity contribution in [3.8, 4) is 6.07 Å². The molecular formula is C13H6BrCl2FN2. The lowest BCUT2D eigenvalue weighted by atomic mass is 10.2. The molecule has 2 nitrogen and oxygen atoms in total. The van der Waals surface area contributed by atoms with E-state index in [9.17, 15) is 4.39 Å². The molecule has 0 unspecified atom stereocenters. The third-order valence-electron chi connectivity index (χ3n) is 2.36. The number of hydrogen-bond donors (Lipinski definition) is 1. The topological polar surface area (TPSA) is 35.8 Å². The third kappa shape index (κ3) is 3.19. The predicted molar refractivity (Wildman–Crippen MR) is 78.6 cm³/mol. The van der Waals surface area contributed by atoms with Gasteiger partial charge in [0.1, 0.15) is 6.07 Å². The second-order valence-electron chi connectivity index (χ2n) is 3.68. The summed E-state index contributed by atoms with van der Waals surface area (Å²) in [6.07, 6.45) is 0. The van der Waals surface area contributed by atoms with Crippen molar-refractivity contribution in [1.82, 2.24) is 0 Å². The molecule has 0 atom stereocenters. The van der Waals surface area contributed by atoms with Crippen LogP contribution in [0, 0.1) is 17.1 Å². The van der Waals surface area contributed by atoms with E-state index >= 15 is 0 Å². The minimum absolute atomic E-state index is 0.0801. The molecule has 0 amide bonds. The van der Waals surface area contributed by atoms with Crippen LogP contribution in [-0.4, -0.2) is 0 Å². The number of nitrogens with zero attached hydrogens (tertiary/aromatic N) is 1. The molecule has 0 aliphatic carbocycles. The highest BCUT2D eigenvalue weighted by atomic mass is 79.9. The van der Waals surface area contributed by atoms with E-state index in [-0.39, 0.29) is 10.0 Å². The van der Waals surface area contributed by atoms with Gasteiger partial charge in [0.2, 0.25) is 0 Å². The van der Waals surface area contributed by atoms with Crippen LogP contribution in [0.4, 0.5) is 15.8 Å². The van der Waals surface area contributed by atoms with Crippen molar-refractivity contribution < 1.29 is 4.39 Å². The van der Waals surface area contributed by atoms with Gasteiger partial charge in [0.15, 0.2) is 5.82 Å². The fourth-order valence-electron chi connectivity index (χ4n) is 1.50. The van der Waals surface area contributed by atoms with Gasteiger partial charge in [-0.05, 0) is 30.3 Å². The summed E-state index contributed by atoms with van der Waals surface area (Å²) in [5, 5.41) is 11.8. The van der Waals surface area contributed by atoms with Crippen molar-refractivity contribution in [2.75, 3.05) is 5.32 Å². The lowest BCUT2D eigenvalue weighted by Crippen LogP contribution is -1.95. The highest BCUT2D eigenvalue weighted by molar-refractivity contribution is 9.10. The fraction of sp³-hybridized carbons (Fsp3) is 0. The minimum atomic E-state index is -0.663. The van der Waals surface area contributed by atoms with E-state index in [4.69, 9.17) is 28.5 Å². The molecule has 0 saturated carbocycles. The van der Waals surface area contributed by atoms with Gasteiger partial charge in [0, 0.05) is 10.2 Å². The Kier molecular flexibility index (Phi) is 4.31. The lowest BCUT2D eigenvalue weighted by molar-refractivity contribution is 0.629. The Hall–Kier alpha value is -1.28. The molecule has 19 heavy (non-hydrogen) atoms. The molecule has 2 rings (SSSR count). The molecular weight excluding hydrogens is 354 g/mol. The van der Waals surface area contributed by atoms with Gasteiger partial charge >= 0.3 is 0 Å². The summed E-state index contributed by atoms with van der Waals surface area (Å²) in [5.41, 5.74) is 1.54. The van der Waals surface area contributed by atoms with Crippen LogP contribution in [0.3, 0.4) is 0 Å². The monoisotopic (exact) mass is 358 g/mol. The summed E-state index contributed by atoms with van der Waals surface area (Å²) in [5.74, 6) is -0.663. The van der Waals surface area contributed by atoms with Crippen molar-refractivity contribution in [2.45, 2.75) is 0 Å². The van der Waals surface area contributed by atoms with Gasteiger partial charge in [-0.25, -0.2) is 4.39 Å². The number of hydrogen-bond acceptors (Lipinski definition) is 2. The van der Waals surface area contributed by atoms with Crippen molar-refractivity contribution in [3.05, 3.63) is 56.2 Å². The van der Waals surface area contributed by atoms with Crippen LogP contribution < -0.4 is 5.32 Å². The zero-order valence-corrected chi connectivity index (χ0v) is 12.4. The molecule has 0 saturated heterocycles. The van der Waals surface area contributed by atoms with Crippen LogP contribution in [0.5, 0.6) is 0 Å². The average molecular weight is 360 g/mol. The Balaban J connectivity index is 2.42. The maximum Gasteiger partial charge on any atom is 0.160 e. The van der Waals surface area contributed by atoms with Gasteiger partial charge in [-0.1, -0.05) is 39.1 Å². The highest BCUT2D eigenvalue weighted by Gasteiger charge is 2.09. The molecule has 0 aliphatic heterocycles. The van der Waals surface area contributed by atoms with Gasteiger partial charge in [0.25, 0.3) is 0 Å². The second-order valence-corrected chi connectivity index (χ2v) is 5.41. The van der Waals surface area contributed by atoms with E-state index in [0.29, 0.717) is 16.9 Å². The number of anilines is 2. The first kappa shape index (κ1) is 14.1. The molecule has 2 aromatic rings. The van der Waals surface area contributed by atoms with Crippen LogP contribution in [0.25, 0.3) is 0 Å². The van der Waals surface area contributed by atoms with Crippen LogP contribution in [0.1, 0.15) is 5.56 Å². The van der Waals surface area contributed by atoms with E-state index in [0.717, 1.165) is 4.47 Å². The summed E-state index contributed by atoms with van der Waals surface area (Å²) >= 11 is 14.8. The summed E-state index contributed by atoms with van der Waals surface area (Å²) in [4.78, 5) is 0. The molecule has 96 valence electrons. The van der Waals surface area contributed by atoms with Gasteiger partial charge in [0.05, 0.1) is 21.3 Å². The van der Waals surface area contributed by atoms with E-state index in [1.807, 2.05) is 0 Å². The first-order chi connectivity index (χ1) is 9.01. The van der Waals surface area contributed by atoms with Crippen molar-refractivity contribution in [1.29, 1.82) is 5.26 Å². The first-order valence-electron chi connectivity index (χ1n) is 5.12. The minimum Gasteiger partial charge on any atom is -0.354 e. The Morgan fingerprint density at radius 2 is 1.79 bits per heavy atom. The Labute approximate surface area is 127 Å². The van der Waals surface area contributed by atoms with Crippen LogP contribution >= 0.6 is 39.1 Å². The third-order valence-corrected chi connectivity index (χ3v) is 3.41. The molecule has 0 bridgehead atoms. The molecule has 0 aromatic heterocycles. The average Bonchev–Trinajstić information content (AvgIpc) is 2.36. The van der Waals surface area contributed by atoms with E-state index in [1.165, 1.54) is 12.1 Å². The molecule has 6 heteroatoms. The predicted octanol–water partition coefficient (Wildman–Crippen LogP) is 5.51. The molecule has 0 heterocycles. The zero-order chi connectivity index (χ0) is 14.0. The lowest BCUT2D eigenvalue weighted by Gasteiger charge is -2.10. The van der Waals surface area contributed by atoms with E-state index < -0.39 is 5.82 Å². The Morgan fingerprint density at radius 1 is 1.16 bits per heavy atom. The number of halogens is 4. The van der Waals surface area contributed by atoms with Gasteiger partial charge in [-0.3, -0.25) is 0 Å². The SMILES string of the molecule is N#Cc1ccc(Br)cc1Nc1cc(Cl)c(F)c(Cl)c1. The van der Waals surface area contributed by atoms with Crippen molar-refractivity contribution >= 4 is 50.5 Å². The maximum absolute atomic E-state index is 13.3. The quantitative estimate of drug-likeness (QED) is 0.717. The molecule has 0 radical (unpaired) electrons. The van der Waals surface area contributed by atoms with Gasteiger partial charge in [-0.15, -0.1) is 0 Å². The number of nitriles is 1. The Morgan fingerprint density at radius 3 is 2.37 bits per heavy atom. The summed E-state index contributed by atoms with van der Waals surface area (Å²) in [7, 11) is 0. The van der Waals surface area contributed by atoms with Crippen LogP contribution in [-0.2, 0) is 0 Å². The molecule has 0 spiro atoms. The number of nitrogens with one attached hydrogen (secondary N) is 1. The molecule has 2 aromatic carbocycles. The van der Waals surface area contributed by atoms with E-state index in [2.05, 4.69) is 27.3 Å². The van der Waals surface area contributed by atoms with E-state index in [1.54, 1.807) is 18.2 Å². The summed E-state index contributed by atoms with van der Waals surface area (Å²) in [6.45, 7) is 0. The summed E-state index contributed by atoms with van der Waals surface area (Å²) < 4.78 is 14.1. The van der Waals surface area contributed by atoms with Crippen molar-refractivity contribution in [3.63, 3.8) is 0 Å². The van der Waals surface area contributed by atoms with Gasteiger partial charge < -0.3 is 5.32 Å². The molecule has 0 fully saturated rings. The van der Waals surface area contributed by atoms with Crippen LogP contribution in [0.15, 0.2) is 34.8 Å². The Bertz CT molecular complexity index is 660. The highest BCUT2D eigenvalue weighted by Crippen LogP contribution is 2.30. The van der Waals surface area contributed by atoms with Crippen LogP contribution in [0.2, 0.25) is 10.0 Å². The molecule has 1 N–H and O–H groups in total. The second kappa shape index (κ2) is 5.79. The normalized spacial score (nSPS) is 10.1. The molecule has 0 aliphatic rings. The standard InChI is InChI=1S/C13H6BrCl2FN2/c14-8-2-1-7(6-18)12(3-8)19-9-4-10(15)13(17)11(16)5-9/h1-5,19H. The van der Waals surface area contributed by atoms with Crippen molar-refractivity contribution in [2.24, 2.45) is 0 Å². The van der Waals surface area contributed by atoms with Gasteiger partial charge in [-0.2, -0.15) is 5.26 Å². The first-order valence-corrected chi connectivity index (χ1v) is 6.67. The zero-order valence-electron chi connectivity index (χ0n) is 9.35. The summed E-state index contributed by atoms with van der Waals surface area (Å²) in [6, 6.07) is 10.0. The smallest absolute Gasteiger partial charge is 0.160 e. The number of benzene rings is 2. The maximum atomic E-state index is 13.3. The number of rotatable bonds is 2. The largest absolute Gasteiger partial charge is 0.354 e. The fourth-order valence-corrected chi connectivity index (χ4v) is 2.35.